The zero-order valence-corrected chi connectivity index (χ0v) is 17.0. The van der Waals surface area contributed by atoms with Crippen LogP contribution in [0.15, 0.2) is 73.6 Å². The standard InChI is InChI=1S/C20H22N6O3S/c1-2-12-22-30(28,29)14-17-8-10-18(11-9-17)23-20(27)19(26-15-21-24-25-26)13-16-6-4-3-5-7-16/h2-11,15,19,22H,1,12-14H2,(H,23,27). The predicted octanol–water partition coefficient (Wildman–Crippen LogP) is 1.70. The fourth-order valence-electron chi connectivity index (χ4n) is 2.82. The molecule has 0 spiro atoms. The zero-order valence-electron chi connectivity index (χ0n) is 16.2. The normalized spacial score (nSPS) is 12.3. The molecule has 1 aromatic heterocycles. The van der Waals surface area contributed by atoms with Crippen LogP contribution in [-0.2, 0) is 27.0 Å². The summed E-state index contributed by atoms with van der Waals surface area (Å²) >= 11 is 0. The number of benzene rings is 2. The molecule has 0 saturated heterocycles. The lowest BCUT2D eigenvalue weighted by Gasteiger charge is -2.16. The molecular formula is C20H22N6O3S. The second-order valence-electron chi connectivity index (χ2n) is 6.58. The molecule has 0 bridgehead atoms. The number of tetrazole rings is 1. The second-order valence-corrected chi connectivity index (χ2v) is 8.38. The SMILES string of the molecule is C=CCNS(=O)(=O)Cc1ccc(NC(=O)C(Cc2ccccc2)n2cnnn2)cc1. The van der Waals surface area contributed by atoms with E-state index in [1.807, 2.05) is 30.3 Å². The van der Waals surface area contributed by atoms with Gasteiger partial charge in [-0.05, 0) is 33.7 Å². The second kappa shape index (κ2) is 9.90. The first-order valence-corrected chi connectivity index (χ1v) is 10.9. The van der Waals surface area contributed by atoms with E-state index in [1.165, 1.54) is 17.1 Å². The molecule has 10 heteroatoms. The van der Waals surface area contributed by atoms with Gasteiger partial charge < -0.3 is 5.32 Å². The summed E-state index contributed by atoms with van der Waals surface area (Å²) in [6, 6.07) is 15.6. The topological polar surface area (TPSA) is 119 Å². The lowest BCUT2D eigenvalue weighted by molar-refractivity contribution is -0.119. The van der Waals surface area contributed by atoms with Crippen molar-refractivity contribution in [2.24, 2.45) is 0 Å². The molecule has 0 aliphatic heterocycles. The van der Waals surface area contributed by atoms with Gasteiger partial charge in [0.15, 0.2) is 0 Å². The van der Waals surface area contributed by atoms with Crippen molar-refractivity contribution >= 4 is 21.6 Å². The van der Waals surface area contributed by atoms with Crippen LogP contribution >= 0.6 is 0 Å². The van der Waals surface area contributed by atoms with Crippen molar-refractivity contribution in [2.45, 2.75) is 18.2 Å². The fraction of sp³-hybridized carbons (Fsp3) is 0.200. The van der Waals surface area contributed by atoms with Gasteiger partial charge in [0.1, 0.15) is 12.4 Å². The smallest absolute Gasteiger partial charge is 0.249 e. The first-order valence-electron chi connectivity index (χ1n) is 9.21. The quantitative estimate of drug-likeness (QED) is 0.476. The third kappa shape index (κ3) is 6.06. The molecule has 1 unspecified atom stereocenters. The van der Waals surface area contributed by atoms with Crippen molar-refractivity contribution < 1.29 is 13.2 Å². The average Bonchev–Trinajstić information content (AvgIpc) is 3.27. The lowest BCUT2D eigenvalue weighted by Crippen LogP contribution is -2.28. The molecule has 156 valence electrons. The Morgan fingerprint density at radius 1 is 1.10 bits per heavy atom. The van der Waals surface area contributed by atoms with Crippen molar-refractivity contribution in [3.8, 4) is 0 Å². The molecule has 1 heterocycles. The number of sulfonamides is 1. The number of hydrogen-bond acceptors (Lipinski definition) is 6. The van der Waals surface area contributed by atoms with Crippen molar-refractivity contribution in [3.05, 3.63) is 84.7 Å². The van der Waals surface area contributed by atoms with Crippen LogP contribution in [0.25, 0.3) is 0 Å². The van der Waals surface area contributed by atoms with Crippen molar-refractivity contribution in [1.29, 1.82) is 0 Å². The molecule has 1 amide bonds. The van der Waals surface area contributed by atoms with Gasteiger partial charge in [0, 0.05) is 18.7 Å². The maximum atomic E-state index is 12.9. The summed E-state index contributed by atoms with van der Waals surface area (Å²) < 4.78 is 27.8. The van der Waals surface area contributed by atoms with Crippen LogP contribution in [0, 0.1) is 0 Å². The molecular weight excluding hydrogens is 404 g/mol. The number of rotatable bonds is 10. The van der Waals surface area contributed by atoms with Crippen molar-refractivity contribution in [3.63, 3.8) is 0 Å². The first-order chi connectivity index (χ1) is 14.5. The molecule has 9 nitrogen and oxygen atoms in total. The van der Waals surface area contributed by atoms with E-state index in [0.29, 0.717) is 17.7 Å². The Hall–Kier alpha value is -3.37. The molecule has 0 aliphatic rings. The van der Waals surface area contributed by atoms with Crippen LogP contribution in [0.2, 0.25) is 0 Å². The molecule has 0 radical (unpaired) electrons. The molecule has 3 aromatic rings. The molecule has 0 fully saturated rings. The van der Waals surface area contributed by atoms with Crippen molar-refractivity contribution in [1.82, 2.24) is 24.9 Å². The summed E-state index contributed by atoms with van der Waals surface area (Å²) in [5.74, 6) is -0.435. The van der Waals surface area contributed by atoms with Crippen LogP contribution in [0.4, 0.5) is 5.69 Å². The minimum Gasteiger partial charge on any atom is -0.324 e. The van der Waals surface area contributed by atoms with Crippen LogP contribution in [0.1, 0.15) is 17.2 Å². The van der Waals surface area contributed by atoms with Crippen LogP contribution in [0.5, 0.6) is 0 Å². The Balaban J connectivity index is 1.69. The maximum Gasteiger partial charge on any atom is 0.249 e. The largest absolute Gasteiger partial charge is 0.324 e. The van der Waals surface area contributed by atoms with Gasteiger partial charge in [-0.25, -0.2) is 17.8 Å². The van der Waals surface area contributed by atoms with Crippen LogP contribution in [-0.4, -0.2) is 41.1 Å². The summed E-state index contributed by atoms with van der Waals surface area (Å²) in [6.07, 6.45) is 3.30. The highest BCUT2D eigenvalue weighted by Gasteiger charge is 2.22. The number of aromatic nitrogens is 4. The molecule has 0 saturated carbocycles. The third-order valence-corrected chi connectivity index (χ3v) is 5.60. The minimum absolute atomic E-state index is 0.156. The Kier molecular flexibility index (Phi) is 7.04. The monoisotopic (exact) mass is 426 g/mol. The van der Waals surface area contributed by atoms with E-state index in [1.54, 1.807) is 24.3 Å². The summed E-state index contributed by atoms with van der Waals surface area (Å²) in [5, 5.41) is 14.0. The molecule has 2 aromatic carbocycles. The molecule has 1 atom stereocenters. The van der Waals surface area contributed by atoms with Gasteiger partial charge in [0.25, 0.3) is 0 Å². The third-order valence-electron chi connectivity index (χ3n) is 4.28. The highest BCUT2D eigenvalue weighted by atomic mass is 32.2. The van der Waals surface area contributed by atoms with E-state index in [2.05, 4.69) is 32.1 Å². The highest BCUT2D eigenvalue weighted by Crippen LogP contribution is 2.17. The Morgan fingerprint density at radius 3 is 2.47 bits per heavy atom. The van der Waals surface area contributed by atoms with Gasteiger partial charge >= 0.3 is 0 Å². The fourth-order valence-corrected chi connectivity index (χ4v) is 3.93. The van der Waals surface area contributed by atoms with Crippen molar-refractivity contribution in [2.75, 3.05) is 11.9 Å². The predicted molar refractivity (Wildman–Crippen MR) is 113 cm³/mol. The van der Waals surface area contributed by atoms with E-state index in [4.69, 9.17) is 0 Å². The molecule has 0 aliphatic carbocycles. The lowest BCUT2D eigenvalue weighted by atomic mass is 10.1. The van der Waals surface area contributed by atoms with Crippen LogP contribution < -0.4 is 10.0 Å². The van der Waals surface area contributed by atoms with Gasteiger partial charge in [0.05, 0.1) is 5.75 Å². The Bertz CT molecular complexity index is 1070. The Morgan fingerprint density at radius 2 is 1.83 bits per heavy atom. The van der Waals surface area contributed by atoms with Gasteiger partial charge in [-0.15, -0.1) is 11.7 Å². The number of nitrogens with zero attached hydrogens (tertiary/aromatic N) is 4. The highest BCUT2D eigenvalue weighted by molar-refractivity contribution is 7.88. The van der Waals surface area contributed by atoms with Gasteiger partial charge in [0.2, 0.25) is 15.9 Å². The maximum absolute atomic E-state index is 12.9. The van der Waals surface area contributed by atoms with E-state index in [-0.39, 0.29) is 18.2 Å². The van der Waals surface area contributed by atoms with E-state index < -0.39 is 16.1 Å². The minimum atomic E-state index is -3.44. The molecule has 30 heavy (non-hydrogen) atoms. The van der Waals surface area contributed by atoms with Gasteiger partial charge in [-0.2, -0.15) is 0 Å². The number of carbonyl (C=O) groups excluding carboxylic acids is 1. The van der Waals surface area contributed by atoms with E-state index in [9.17, 15) is 13.2 Å². The summed E-state index contributed by atoms with van der Waals surface area (Å²) in [6.45, 7) is 3.66. The van der Waals surface area contributed by atoms with Crippen LogP contribution in [0.3, 0.4) is 0 Å². The first kappa shape index (κ1) is 21.3. The number of amides is 1. The molecule has 3 rings (SSSR count). The zero-order chi connectivity index (χ0) is 21.4. The number of hydrogen-bond donors (Lipinski definition) is 2. The number of carbonyl (C=O) groups is 1. The van der Waals surface area contributed by atoms with E-state index >= 15 is 0 Å². The summed E-state index contributed by atoms with van der Waals surface area (Å²) in [5.41, 5.74) is 2.12. The number of nitrogens with one attached hydrogen (secondary N) is 2. The molecule has 2 N–H and O–H groups in total. The van der Waals surface area contributed by atoms with Gasteiger partial charge in [-0.1, -0.05) is 48.5 Å². The summed E-state index contributed by atoms with van der Waals surface area (Å²) in [7, 11) is -3.44. The van der Waals surface area contributed by atoms with E-state index in [0.717, 1.165) is 5.56 Å². The van der Waals surface area contributed by atoms with Gasteiger partial charge in [-0.3, -0.25) is 4.79 Å². The Labute approximate surface area is 174 Å². The average molecular weight is 427 g/mol. The number of anilines is 1. The summed E-state index contributed by atoms with van der Waals surface area (Å²) in [4.78, 5) is 12.9.